The second-order valence-corrected chi connectivity index (χ2v) is 8.38. The van der Waals surface area contributed by atoms with Crippen LogP contribution in [-0.4, -0.2) is 43.1 Å². The average molecular weight is 434 g/mol. The van der Waals surface area contributed by atoms with E-state index in [0.29, 0.717) is 30.4 Å². The number of carbonyl (C=O) groups is 1. The molecule has 1 fully saturated rings. The Kier molecular flexibility index (Phi) is 6.90. The van der Waals surface area contributed by atoms with Crippen LogP contribution >= 0.6 is 0 Å². The summed E-state index contributed by atoms with van der Waals surface area (Å²) < 4.78 is 10.9. The lowest BCUT2D eigenvalue weighted by Gasteiger charge is -2.32. The zero-order chi connectivity index (χ0) is 22.5. The molecule has 4 rings (SSSR count). The molecule has 1 saturated heterocycles. The quantitative estimate of drug-likeness (QED) is 0.614. The van der Waals surface area contributed by atoms with Crippen molar-refractivity contribution in [3.8, 4) is 11.5 Å². The molecule has 0 spiro atoms. The van der Waals surface area contributed by atoms with Crippen molar-refractivity contribution in [2.45, 2.75) is 32.2 Å². The van der Waals surface area contributed by atoms with Crippen LogP contribution < -0.4 is 15.2 Å². The van der Waals surface area contributed by atoms with Gasteiger partial charge in [0.25, 0.3) is 0 Å². The van der Waals surface area contributed by atoms with Crippen molar-refractivity contribution < 1.29 is 14.3 Å². The highest BCUT2D eigenvalue weighted by molar-refractivity contribution is 5.93. The largest absolute Gasteiger partial charge is 0.493 e. The van der Waals surface area contributed by atoms with Crippen molar-refractivity contribution in [3.63, 3.8) is 0 Å². The number of nitrogens with two attached hydrogens (primary N) is 1. The number of aromatic nitrogens is 1. The maximum atomic E-state index is 13.1. The first-order valence-corrected chi connectivity index (χ1v) is 11.2. The summed E-state index contributed by atoms with van der Waals surface area (Å²) in [6, 6.07) is 14.4. The van der Waals surface area contributed by atoms with E-state index >= 15 is 0 Å². The fourth-order valence-corrected chi connectivity index (χ4v) is 4.59. The van der Waals surface area contributed by atoms with Crippen LogP contribution in [0.4, 0.5) is 0 Å². The highest BCUT2D eigenvalue weighted by atomic mass is 16.5. The first kappa shape index (κ1) is 22.1. The molecule has 0 atom stereocenters. The number of rotatable bonds is 7. The summed E-state index contributed by atoms with van der Waals surface area (Å²) in [4.78, 5) is 19.6. The van der Waals surface area contributed by atoms with Crippen molar-refractivity contribution in [2.75, 3.05) is 27.3 Å². The molecule has 0 aliphatic carbocycles. The summed E-state index contributed by atoms with van der Waals surface area (Å²) in [5, 5.41) is 1.84. The van der Waals surface area contributed by atoms with E-state index in [4.69, 9.17) is 15.2 Å². The highest BCUT2D eigenvalue weighted by Crippen LogP contribution is 2.35. The monoisotopic (exact) mass is 433 g/mol. The molecular weight excluding hydrogens is 402 g/mol. The minimum absolute atomic E-state index is 0.140. The van der Waals surface area contributed by atoms with E-state index < -0.39 is 0 Å². The predicted octanol–water partition coefficient (Wildman–Crippen LogP) is 3.73. The van der Waals surface area contributed by atoms with Gasteiger partial charge >= 0.3 is 0 Å². The molecule has 3 aromatic rings. The number of methoxy groups -OCH3 is 2. The van der Waals surface area contributed by atoms with Crippen LogP contribution in [0.3, 0.4) is 0 Å². The average Bonchev–Trinajstić information content (AvgIpc) is 2.84. The Morgan fingerprint density at radius 2 is 1.72 bits per heavy atom. The summed E-state index contributed by atoms with van der Waals surface area (Å²) in [7, 11) is 3.22. The summed E-state index contributed by atoms with van der Waals surface area (Å²) in [5.74, 6) is 2.02. The topological polar surface area (TPSA) is 77.7 Å². The number of benzene rings is 2. The van der Waals surface area contributed by atoms with E-state index in [2.05, 4.69) is 35.3 Å². The maximum Gasteiger partial charge on any atom is 0.227 e. The van der Waals surface area contributed by atoms with Crippen LogP contribution in [0.15, 0.2) is 48.7 Å². The molecule has 1 aliphatic heterocycles. The second-order valence-electron chi connectivity index (χ2n) is 8.38. The van der Waals surface area contributed by atoms with Crippen molar-refractivity contribution >= 4 is 16.7 Å². The van der Waals surface area contributed by atoms with E-state index in [0.717, 1.165) is 54.4 Å². The highest BCUT2D eigenvalue weighted by Gasteiger charge is 2.24. The van der Waals surface area contributed by atoms with Crippen molar-refractivity contribution in [3.05, 3.63) is 65.5 Å². The first-order chi connectivity index (χ1) is 15.6. The molecular formula is C26H31N3O3. The number of fused-ring (bicyclic) bond motifs is 1. The molecule has 2 N–H and O–H groups in total. The lowest BCUT2D eigenvalue weighted by Crippen LogP contribution is -2.39. The molecule has 2 aromatic carbocycles. The number of likely N-dealkylation sites (tertiary alicyclic amines) is 1. The number of pyridine rings is 1. The van der Waals surface area contributed by atoms with Gasteiger partial charge in [-0.1, -0.05) is 30.3 Å². The van der Waals surface area contributed by atoms with Gasteiger partial charge in [-0.2, -0.15) is 0 Å². The summed E-state index contributed by atoms with van der Waals surface area (Å²) in [6.45, 7) is 1.93. The molecule has 0 saturated carbocycles. The van der Waals surface area contributed by atoms with Crippen molar-refractivity contribution in [2.24, 2.45) is 11.7 Å². The van der Waals surface area contributed by atoms with Gasteiger partial charge in [0.1, 0.15) is 0 Å². The van der Waals surface area contributed by atoms with Gasteiger partial charge in [-0.3, -0.25) is 9.78 Å². The van der Waals surface area contributed by atoms with Crippen molar-refractivity contribution in [1.29, 1.82) is 0 Å². The molecule has 1 aromatic heterocycles. The van der Waals surface area contributed by atoms with Gasteiger partial charge in [-0.25, -0.2) is 0 Å². The zero-order valence-corrected chi connectivity index (χ0v) is 18.8. The number of piperidine rings is 1. The van der Waals surface area contributed by atoms with Crippen LogP contribution in [0.1, 0.15) is 29.7 Å². The van der Waals surface area contributed by atoms with Gasteiger partial charge in [-0.05, 0) is 53.8 Å². The van der Waals surface area contributed by atoms with E-state index in [1.807, 2.05) is 17.0 Å². The van der Waals surface area contributed by atoms with Gasteiger partial charge in [0.15, 0.2) is 11.5 Å². The number of hydrogen-bond donors (Lipinski definition) is 1. The first-order valence-electron chi connectivity index (χ1n) is 11.2. The summed E-state index contributed by atoms with van der Waals surface area (Å²) in [6.07, 6.45) is 5.25. The van der Waals surface area contributed by atoms with Crippen molar-refractivity contribution in [1.82, 2.24) is 9.88 Å². The Bertz CT molecular complexity index is 1080. The molecule has 0 unspecified atom stereocenters. The van der Waals surface area contributed by atoms with Gasteiger partial charge in [0.2, 0.25) is 5.91 Å². The van der Waals surface area contributed by atoms with E-state index in [-0.39, 0.29) is 5.91 Å². The van der Waals surface area contributed by atoms with Crippen LogP contribution in [0.25, 0.3) is 10.8 Å². The Hall–Kier alpha value is -3.12. The number of carbonyl (C=O) groups excluding carboxylic acids is 1. The zero-order valence-electron chi connectivity index (χ0n) is 18.8. The Morgan fingerprint density at radius 1 is 1.06 bits per heavy atom. The number of nitrogens with zero attached hydrogens (tertiary/aromatic N) is 2. The van der Waals surface area contributed by atoms with E-state index in [1.165, 1.54) is 5.56 Å². The Labute approximate surface area is 189 Å². The van der Waals surface area contributed by atoms with Crippen LogP contribution in [0.5, 0.6) is 11.5 Å². The summed E-state index contributed by atoms with van der Waals surface area (Å²) >= 11 is 0. The fraction of sp³-hybridized carbons (Fsp3) is 0.385. The van der Waals surface area contributed by atoms with Crippen LogP contribution in [0.2, 0.25) is 0 Å². The van der Waals surface area contributed by atoms with Gasteiger partial charge in [0, 0.05) is 31.2 Å². The molecule has 6 nitrogen and oxygen atoms in total. The standard InChI is InChI=1S/C26H31N3O3/c1-31-24-14-21-20(17-28-23(16-27)22(21)15-25(24)32-2)13-26(30)29-10-8-19(9-11-29)12-18-6-4-3-5-7-18/h3-7,14-15,17,19H,8-13,16,27H2,1-2H3. The molecule has 32 heavy (non-hydrogen) atoms. The third-order valence-electron chi connectivity index (χ3n) is 6.43. The minimum atomic E-state index is 0.140. The maximum absolute atomic E-state index is 13.1. The van der Waals surface area contributed by atoms with E-state index in [9.17, 15) is 4.79 Å². The normalized spacial score (nSPS) is 14.5. The molecule has 0 bridgehead atoms. The molecule has 6 heteroatoms. The minimum Gasteiger partial charge on any atom is -0.493 e. The third-order valence-corrected chi connectivity index (χ3v) is 6.43. The fourth-order valence-electron chi connectivity index (χ4n) is 4.59. The lowest BCUT2D eigenvalue weighted by atomic mass is 9.90. The van der Waals surface area contributed by atoms with Crippen LogP contribution in [-0.2, 0) is 24.2 Å². The number of ether oxygens (including phenoxy) is 2. The molecule has 2 heterocycles. The lowest BCUT2D eigenvalue weighted by molar-refractivity contribution is -0.131. The molecule has 1 amide bonds. The molecule has 168 valence electrons. The number of amides is 1. The smallest absolute Gasteiger partial charge is 0.227 e. The predicted molar refractivity (Wildman–Crippen MR) is 126 cm³/mol. The summed E-state index contributed by atoms with van der Waals surface area (Å²) in [5.41, 5.74) is 8.94. The molecule has 0 radical (unpaired) electrons. The van der Waals surface area contributed by atoms with Crippen LogP contribution in [0, 0.1) is 5.92 Å². The molecule has 1 aliphatic rings. The Balaban J connectivity index is 1.48. The third kappa shape index (κ3) is 4.70. The Morgan fingerprint density at radius 3 is 2.34 bits per heavy atom. The van der Waals surface area contributed by atoms with Gasteiger partial charge in [0.05, 0.1) is 26.3 Å². The SMILES string of the molecule is COc1cc2c(CC(=O)N3CCC(Cc4ccccc4)CC3)cnc(CN)c2cc1OC. The van der Waals surface area contributed by atoms with Gasteiger partial charge in [-0.15, -0.1) is 0 Å². The van der Waals surface area contributed by atoms with Gasteiger partial charge < -0.3 is 20.1 Å². The second kappa shape index (κ2) is 10.0. The van der Waals surface area contributed by atoms with E-state index in [1.54, 1.807) is 20.4 Å². The number of hydrogen-bond acceptors (Lipinski definition) is 5.